The van der Waals surface area contributed by atoms with Crippen LogP contribution in [0.15, 0.2) is 30.3 Å². The average molecular weight is 322 g/mol. The summed E-state index contributed by atoms with van der Waals surface area (Å²) in [6, 6.07) is 7.65. The van der Waals surface area contributed by atoms with Crippen molar-refractivity contribution in [2.75, 3.05) is 0 Å². The van der Waals surface area contributed by atoms with Crippen molar-refractivity contribution in [3.8, 4) is 0 Å². The number of carboxylic acid groups (broad SMARTS) is 1. The molecule has 23 heavy (non-hydrogen) atoms. The Balaban J connectivity index is 2.43. The van der Waals surface area contributed by atoms with E-state index in [1.165, 1.54) is 0 Å². The molecule has 126 valence electrons. The summed E-state index contributed by atoms with van der Waals surface area (Å²) in [6.45, 7) is 1.63. The molecule has 0 aliphatic heterocycles. The molecule has 0 fully saturated rings. The molecule has 7 heteroatoms. The number of Topliss-reactive ketones (excluding diaryl/α,β-unsaturated/α-hetero) is 1. The van der Waals surface area contributed by atoms with Crippen molar-refractivity contribution in [2.24, 2.45) is 17.4 Å². The number of carboxylic acids is 1. The van der Waals surface area contributed by atoms with Crippen LogP contribution < -0.4 is 11.5 Å². The molecular weight excluding hydrogens is 300 g/mol. The third kappa shape index (κ3) is 7.03. The third-order valence-corrected chi connectivity index (χ3v) is 3.20. The number of carbonyl (C=O) groups excluding carboxylic acids is 2. The van der Waals surface area contributed by atoms with E-state index in [1.807, 2.05) is 0 Å². The molecule has 5 N–H and O–H groups in total. The fourth-order valence-corrected chi connectivity index (χ4v) is 2.09. The van der Waals surface area contributed by atoms with Gasteiger partial charge in [0.25, 0.3) is 0 Å². The van der Waals surface area contributed by atoms with Crippen molar-refractivity contribution in [3.63, 3.8) is 0 Å². The number of ketones is 1. The fraction of sp³-hybridized carbons (Fsp3) is 0.438. The van der Waals surface area contributed by atoms with Gasteiger partial charge in [-0.05, 0) is 5.92 Å². The van der Waals surface area contributed by atoms with Gasteiger partial charge in [0, 0.05) is 24.8 Å². The predicted molar refractivity (Wildman–Crippen MR) is 83.5 cm³/mol. The molecule has 0 spiro atoms. The molecule has 1 aromatic rings. The Hall–Kier alpha value is -2.25. The second-order valence-electron chi connectivity index (χ2n) is 5.51. The first-order valence-electron chi connectivity index (χ1n) is 7.31. The minimum Gasteiger partial charge on any atom is -0.481 e. The Morgan fingerprint density at radius 1 is 1.13 bits per heavy atom. The highest BCUT2D eigenvalue weighted by Crippen LogP contribution is 2.11. The SMILES string of the molecule is CC(CC(=O)O)CC(=O)OC(N)CC(N)C(=O)c1ccccc1. The Kier molecular flexibility index (Phi) is 7.37. The summed E-state index contributed by atoms with van der Waals surface area (Å²) in [4.78, 5) is 34.3. The van der Waals surface area contributed by atoms with Gasteiger partial charge in [0.05, 0.1) is 6.04 Å². The molecule has 3 atom stereocenters. The number of carbonyl (C=O) groups is 3. The highest BCUT2D eigenvalue weighted by Gasteiger charge is 2.22. The van der Waals surface area contributed by atoms with E-state index in [4.69, 9.17) is 21.3 Å². The van der Waals surface area contributed by atoms with E-state index in [0.29, 0.717) is 5.56 Å². The zero-order valence-corrected chi connectivity index (χ0v) is 13.0. The van der Waals surface area contributed by atoms with E-state index in [-0.39, 0.29) is 31.0 Å². The maximum atomic E-state index is 12.1. The maximum absolute atomic E-state index is 12.1. The summed E-state index contributed by atoms with van der Waals surface area (Å²) in [6.07, 6.45) is -1.20. The lowest BCUT2D eigenvalue weighted by Gasteiger charge is -2.18. The topological polar surface area (TPSA) is 133 Å². The van der Waals surface area contributed by atoms with Gasteiger partial charge in [0.1, 0.15) is 0 Å². The number of benzene rings is 1. The normalized spacial score (nSPS) is 14.6. The van der Waals surface area contributed by atoms with Gasteiger partial charge in [-0.3, -0.25) is 20.1 Å². The van der Waals surface area contributed by atoms with Crippen LogP contribution in [0.3, 0.4) is 0 Å². The molecule has 0 bridgehead atoms. The summed E-state index contributed by atoms with van der Waals surface area (Å²) in [5.41, 5.74) is 11.9. The molecule has 1 rings (SSSR count). The summed E-state index contributed by atoms with van der Waals surface area (Å²) in [7, 11) is 0. The number of nitrogens with two attached hydrogens (primary N) is 2. The van der Waals surface area contributed by atoms with Crippen LogP contribution in [0.25, 0.3) is 0 Å². The lowest BCUT2D eigenvalue weighted by molar-refractivity contribution is -0.150. The van der Waals surface area contributed by atoms with Gasteiger partial charge >= 0.3 is 11.9 Å². The summed E-state index contributed by atoms with van der Waals surface area (Å²) >= 11 is 0. The van der Waals surface area contributed by atoms with Crippen LogP contribution in [-0.4, -0.2) is 35.1 Å². The number of esters is 1. The molecule has 0 radical (unpaired) electrons. The molecule has 0 heterocycles. The van der Waals surface area contributed by atoms with E-state index in [9.17, 15) is 14.4 Å². The Morgan fingerprint density at radius 2 is 1.74 bits per heavy atom. The number of rotatable bonds is 9. The van der Waals surface area contributed by atoms with Crippen LogP contribution >= 0.6 is 0 Å². The molecule has 1 aromatic carbocycles. The monoisotopic (exact) mass is 322 g/mol. The van der Waals surface area contributed by atoms with Crippen LogP contribution in [0.2, 0.25) is 0 Å². The first-order chi connectivity index (χ1) is 10.8. The van der Waals surface area contributed by atoms with Crippen molar-refractivity contribution < 1.29 is 24.2 Å². The molecule has 0 aliphatic carbocycles. The molecule has 0 aliphatic rings. The van der Waals surface area contributed by atoms with Crippen molar-refractivity contribution in [3.05, 3.63) is 35.9 Å². The van der Waals surface area contributed by atoms with Crippen LogP contribution in [0.4, 0.5) is 0 Å². The van der Waals surface area contributed by atoms with Crippen LogP contribution in [0, 0.1) is 5.92 Å². The maximum Gasteiger partial charge on any atom is 0.307 e. The molecule has 7 nitrogen and oxygen atoms in total. The summed E-state index contributed by atoms with van der Waals surface area (Å²) in [5.74, 6) is -2.22. The van der Waals surface area contributed by atoms with Crippen molar-refractivity contribution in [1.82, 2.24) is 0 Å². The quantitative estimate of drug-likeness (QED) is 0.349. The number of aliphatic carboxylic acids is 1. The first-order valence-corrected chi connectivity index (χ1v) is 7.31. The minimum absolute atomic E-state index is 0.00716. The van der Waals surface area contributed by atoms with Crippen molar-refractivity contribution in [1.29, 1.82) is 0 Å². The van der Waals surface area contributed by atoms with E-state index in [0.717, 1.165) is 0 Å². The second-order valence-corrected chi connectivity index (χ2v) is 5.51. The molecule has 0 saturated carbocycles. The van der Waals surface area contributed by atoms with Crippen molar-refractivity contribution >= 4 is 17.7 Å². The Labute approximate surface area is 134 Å². The smallest absolute Gasteiger partial charge is 0.307 e. The van der Waals surface area contributed by atoms with Crippen molar-refractivity contribution in [2.45, 2.75) is 38.5 Å². The fourth-order valence-electron chi connectivity index (χ4n) is 2.09. The van der Waals surface area contributed by atoms with Gasteiger partial charge in [-0.25, -0.2) is 0 Å². The van der Waals surface area contributed by atoms with Crippen LogP contribution in [0.1, 0.15) is 36.5 Å². The molecule has 3 unspecified atom stereocenters. The van der Waals surface area contributed by atoms with E-state index in [1.54, 1.807) is 37.3 Å². The Morgan fingerprint density at radius 3 is 2.30 bits per heavy atom. The van der Waals surface area contributed by atoms with Gasteiger partial charge in [0.2, 0.25) is 0 Å². The summed E-state index contributed by atoms with van der Waals surface area (Å²) < 4.78 is 4.97. The number of hydrogen-bond acceptors (Lipinski definition) is 6. The highest BCUT2D eigenvalue weighted by atomic mass is 16.6. The minimum atomic E-state index is -1.01. The highest BCUT2D eigenvalue weighted by molar-refractivity contribution is 5.99. The summed E-state index contributed by atoms with van der Waals surface area (Å²) in [5, 5.41) is 8.64. The second kappa shape index (κ2) is 9.02. The zero-order chi connectivity index (χ0) is 17.4. The van der Waals surface area contributed by atoms with Crippen LogP contribution in [0.5, 0.6) is 0 Å². The van der Waals surface area contributed by atoms with Gasteiger partial charge in [0.15, 0.2) is 12.0 Å². The predicted octanol–water partition coefficient (Wildman–Crippen LogP) is 0.916. The standard InChI is InChI=1S/C16H22N2O5/c1-10(7-14(19)20)8-15(21)23-13(18)9-12(17)16(22)11-5-3-2-4-6-11/h2-6,10,12-13H,7-9,17-18H2,1H3,(H,19,20). The molecular formula is C16H22N2O5. The van der Waals surface area contributed by atoms with Crippen LogP contribution in [-0.2, 0) is 14.3 Å². The Bertz CT molecular complexity index is 547. The average Bonchev–Trinajstić information content (AvgIpc) is 2.45. The lowest BCUT2D eigenvalue weighted by Crippen LogP contribution is -2.39. The van der Waals surface area contributed by atoms with Gasteiger partial charge in [-0.1, -0.05) is 37.3 Å². The third-order valence-electron chi connectivity index (χ3n) is 3.20. The van der Waals surface area contributed by atoms with Gasteiger partial charge in [-0.2, -0.15) is 0 Å². The lowest BCUT2D eigenvalue weighted by atomic mass is 10.0. The molecule has 0 amide bonds. The number of ether oxygens (including phenoxy) is 1. The van der Waals surface area contributed by atoms with E-state index in [2.05, 4.69) is 0 Å². The van der Waals surface area contributed by atoms with E-state index < -0.39 is 24.2 Å². The largest absolute Gasteiger partial charge is 0.481 e. The van der Waals surface area contributed by atoms with Gasteiger partial charge < -0.3 is 15.6 Å². The first kappa shape index (κ1) is 18.8. The zero-order valence-electron chi connectivity index (χ0n) is 13.0. The molecule has 0 saturated heterocycles. The number of hydrogen-bond donors (Lipinski definition) is 3. The molecule has 0 aromatic heterocycles. The van der Waals surface area contributed by atoms with E-state index >= 15 is 0 Å². The van der Waals surface area contributed by atoms with Gasteiger partial charge in [-0.15, -0.1) is 0 Å².